The standard InChI is InChI=1S/C12H17NO3/c1-16-10-7-5-9(6-8-10)3-2-4-11(13)12(14)15/h5-8,11H,2-4,13H2,1H3,(H,14,15)/t11-/m1/s1. The van der Waals surface area contributed by atoms with Crippen LogP contribution in [0.2, 0.25) is 0 Å². The van der Waals surface area contributed by atoms with Gasteiger partial charge in [-0.2, -0.15) is 0 Å². The Kier molecular flexibility index (Phi) is 4.79. The number of nitrogens with two attached hydrogens (primary N) is 1. The highest BCUT2D eigenvalue weighted by molar-refractivity contribution is 5.72. The quantitative estimate of drug-likeness (QED) is 0.765. The van der Waals surface area contributed by atoms with Crippen molar-refractivity contribution in [3.63, 3.8) is 0 Å². The van der Waals surface area contributed by atoms with Crippen molar-refractivity contribution in [1.82, 2.24) is 0 Å². The van der Waals surface area contributed by atoms with Gasteiger partial charge in [-0.25, -0.2) is 0 Å². The van der Waals surface area contributed by atoms with E-state index in [-0.39, 0.29) is 0 Å². The van der Waals surface area contributed by atoms with E-state index in [0.717, 1.165) is 18.6 Å². The van der Waals surface area contributed by atoms with E-state index in [0.29, 0.717) is 6.42 Å². The maximum Gasteiger partial charge on any atom is 0.320 e. The lowest BCUT2D eigenvalue weighted by atomic mass is 10.1. The van der Waals surface area contributed by atoms with Crippen LogP contribution in [0.15, 0.2) is 24.3 Å². The maximum absolute atomic E-state index is 10.5. The smallest absolute Gasteiger partial charge is 0.320 e. The van der Waals surface area contributed by atoms with Crippen LogP contribution in [0.3, 0.4) is 0 Å². The molecule has 1 aromatic carbocycles. The highest BCUT2D eigenvalue weighted by atomic mass is 16.5. The number of aryl methyl sites for hydroxylation is 1. The Morgan fingerprint density at radius 1 is 1.44 bits per heavy atom. The van der Waals surface area contributed by atoms with Crippen molar-refractivity contribution in [2.45, 2.75) is 25.3 Å². The van der Waals surface area contributed by atoms with Gasteiger partial charge in [-0.1, -0.05) is 12.1 Å². The van der Waals surface area contributed by atoms with Crippen molar-refractivity contribution < 1.29 is 14.6 Å². The molecular weight excluding hydrogens is 206 g/mol. The number of carboxylic acid groups (broad SMARTS) is 1. The zero-order valence-corrected chi connectivity index (χ0v) is 9.35. The van der Waals surface area contributed by atoms with E-state index in [1.807, 2.05) is 24.3 Å². The van der Waals surface area contributed by atoms with Crippen LogP contribution >= 0.6 is 0 Å². The fourth-order valence-electron chi connectivity index (χ4n) is 1.44. The predicted molar refractivity (Wildman–Crippen MR) is 61.5 cm³/mol. The van der Waals surface area contributed by atoms with Crippen LogP contribution in [0, 0.1) is 0 Å². The van der Waals surface area contributed by atoms with Gasteiger partial charge in [-0.15, -0.1) is 0 Å². The normalized spacial score (nSPS) is 12.1. The van der Waals surface area contributed by atoms with Crippen LogP contribution in [0.25, 0.3) is 0 Å². The van der Waals surface area contributed by atoms with E-state index in [1.165, 1.54) is 5.56 Å². The van der Waals surface area contributed by atoms with Gasteiger partial charge in [0.1, 0.15) is 11.8 Å². The van der Waals surface area contributed by atoms with Gasteiger partial charge in [0.25, 0.3) is 0 Å². The van der Waals surface area contributed by atoms with Crippen LogP contribution in [-0.2, 0) is 11.2 Å². The maximum atomic E-state index is 10.5. The highest BCUT2D eigenvalue weighted by Crippen LogP contribution is 2.13. The van der Waals surface area contributed by atoms with Crippen molar-refractivity contribution in [2.75, 3.05) is 7.11 Å². The first kappa shape index (κ1) is 12.5. The molecule has 0 aliphatic carbocycles. The Morgan fingerprint density at radius 2 is 2.06 bits per heavy atom. The first-order valence-corrected chi connectivity index (χ1v) is 5.25. The summed E-state index contributed by atoms with van der Waals surface area (Å²) in [5.74, 6) is -0.110. The summed E-state index contributed by atoms with van der Waals surface area (Å²) in [6.45, 7) is 0. The van der Waals surface area contributed by atoms with Gasteiger partial charge in [-0.3, -0.25) is 4.79 Å². The Hall–Kier alpha value is -1.55. The fraction of sp³-hybridized carbons (Fsp3) is 0.417. The molecular formula is C12H17NO3. The number of methoxy groups -OCH3 is 1. The summed E-state index contributed by atoms with van der Waals surface area (Å²) < 4.78 is 5.05. The Balaban J connectivity index is 2.34. The fourth-order valence-corrected chi connectivity index (χ4v) is 1.44. The van der Waals surface area contributed by atoms with Crippen LogP contribution in [-0.4, -0.2) is 24.2 Å². The first-order valence-electron chi connectivity index (χ1n) is 5.25. The molecule has 1 atom stereocenters. The Bertz CT molecular complexity index is 335. The SMILES string of the molecule is COc1ccc(CCC[C@@H](N)C(=O)O)cc1. The van der Waals surface area contributed by atoms with E-state index in [4.69, 9.17) is 15.6 Å². The van der Waals surface area contributed by atoms with E-state index in [1.54, 1.807) is 7.11 Å². The van der Waals surface area contributed by atoms with Gasteiger partial charge in [-0.05, 0) is 37.0 Å². The van der Waals surface area contributed by atoms with Gasteiger partial charge in [0, 0.05) is 0 Å². The summed E-state index contributed by atoms with van der Waals surface area (Å²) in [6, 6.07) is 6.99. The topological polar surface area (TPSA) is 72.5 Å². The van der Waals surface area contributed by atoms with Crippen LogP contribution in [0.5, 0.6) is 5.75 Å². The van der Waals surface area contributed by atoms with E-state index < -0.39 is 12.0 Å². The Labute approximate surface area is 95.0 Å². The molecule has 0 aliphatic heterocycles. The molecule has 0 aliphatic rings. The molecule has 0 spiro atoms. The summed E-state index contributed by atoms with van der Waals surface area (Å²) in [6.07, 6.45) is 2.12. The minimum absolute atomic E-state index is 0.501. The molecule has 0 radical (unpaired) electrons. The molecule has 3 N–H and O–H groups in total. The monoisotopic (exact) mass is 223 g/mol. The average Bonchev–Trinajstić information content (AvgIpc) is 2.29. The first-order chi connectivity index (χ1) is 7.63. The molecule has 0 amide bonds. The lowest BCUT2D eigenvalue weighted by molar-refractivity contribution is -0.138. The second-order valence-electron chi connectivity index (χ2n) is 3.69. The molecule has 0 heterocycles. The van der Waals surface area contributed by atoms with Crippen LogP contribution in [0.4, 0.5) is 0 Å². The third kappa shape index (κ3) is 3.90. The van der Waals surface area contributed by atoms with E-state index >= 15 is 0 Å². The molecule has 88 valence electrons. The Morgan fingerprint density at radius 3 is 2.56 bits per heavy atom. The van der Waals surface area contributed by atoms with Gasteiger partial charge < -0.3 is 15.6 Å². The lowest BCUT2D eigenvalue weighted by Gasteiger charge is -2.06. The molecule has 4 nitrogen and oxygen atoms in total. The van der Waals surface area contributed by atoms with Gasteiger partial charge in [0.05, 0.1) is 7.11 Å². The summed E-state index contributed by atoms with van der Waals surface area (Å²) in [5.41, 5.74) is 6.57. The summed E-state index contributed by atoms with van der Waals surface area (Å²) in [7, 11) is 1.63. The molecule has 0 fully saturated rings. The second-order valence-corrected chi connectivity index (χ2v) is 3.69. The number of rotatable bonds is 6. The zero-order valence-electron chi connectivity index (χ0n) is 9.35. The molecule has 1 rings (SSSR count). The molecule has 0 aromatic heterocycles. The van der Waals surface area contributed by atoms with E-state index in [9.17, 15) is 4.79 Å². The van der Waals surface area contributed by atoms with Crippen LogP contribution < -0.4 is 10.5 Å². The number of hydrogen-bond acceptors (Lipinski definition) is 3. The van der Waals surface area contributed by atoms with Crippen LogP contribution in [0.1, 0.15) is 18.4 Å². The summed E-state index contributed by atoms with van der Waals surface area (Å²) in [5, 5.41) is 8.61. The molecule has 16 heavy (non-hydrogen) atoms. The van der Waals surface area contributed by atoms with Crippen molar-refractivity contribution in [3.05, 3.63) is 29.8 Å². The van der Waals surface area contributed by atoms with Crippen molar-refractivity contribution in [2.24, 2.45) is 5.73 Å². The molecule has 0 bridgehead atoms. The van der Waals surface area contributed by atoms with Crippen molar-refractivity contribution in [1.29, 1.82) is 0 Å². The predicted octanol–water partition coefficient (Wildman–Crippen LogP) is 1.43. The number of carboxylic acids is 1. The molecule has 1 aromatic rings. The van der Waals surface area contributed by atoms with Crippen molar-refractivity contribution >= 4 is 5.97 Å². The largest absolute Gasteiger partial charge is 0.497 e. The molecule has 0 saturated heterocycles. The molecule has 0 unspecified atom stereocenters. The van der Waals surface area contributed by atoms with E-state index in [2.05, 4.69) is 0 Å². The summed E-state index contributed by atoms with van der Waals surface area (Å²) >= 11 is 0. The minimum Gasteiger partial charge on any atom is -0.497 e. The van der Waals surface area contributed by atoms with Gasteiger partial charge >= 0.3 is 5.97 Å². The number of hydrogen-bond donors (Lipinski definition) is 2. The third-order valence-corrected chi connectivity index (χ3v) is 2.46. The van der Waals surface area contributed by atoms with Gasteiger partial charge in [0.15, 0.2) is 0 Å². The third-order valence-electron chi connectivity index (χ3n) is 2.46. The molecule has 4 heteroatoms. The number of aliphatic carboxylic acids is 1. The minimum atomic E-state index is -0.935. The number of benzene rings is 1. The lowest BCUT2D eigenvalue weighted by Crippen LogP contribution is -2.29. The number of carbonyl (C=O) groups is 1. The van der Waals surface area contributed by atoms with Gasteiger partial charge in [0.2, 0.25) is 0 Å². The highest BCUT2D eigenvalue weighted by Gasteiger charge is 2.10. The summed E-state index contributed by atoms with van der Waals surface area (Å²) in [4.78, 5) is 10.5. The molecule has 0 saturated carbocycles. The average molecular weight is 223 g/mol. The van der Waals surface area contributed by atoms with Crippen molar-refractivity contribution in [3.8, 4) is 5.75 Å². The second kappa shape index (κ2) is 6.12. The number of ether oxygens (including phenoxy) is 1. The zero-order chi connectivity index (χ0) is 12.0.